The summed E-state index contributed by atoms with van der Waals surface area (Å²) in [5.74, 6) is -0.897. The van der Waals surface area contributed by atoms with Crippen molar-refractivity contribution in [1.82, 2.24) is 0 Å². The molecular formula is C66H112O6. The number of allylic oxidation sites excluding steroid dienone is 16. The van der Waals surface area contributed by atoms with E-state index in [1.165, 1.54) is 122 Å². The van der Waals surface area contributed by atoms with Gasteiger partial charge in [-0.05, 0) is 96.3 Å². The van der Waals surface area contributed by atoms with Gasteiger partial charge in [0.2, 0.25) is 0 Å². The highest BCUT2D eigenvalue weighted by atomic mass is 16.6. The monoisotopic (exact) mass is 1000 g/mol. The number of ether oxygens (including phenoxy) is 3. The van der Waals surface area contributed by atoms with E-state index in [-0.39, 0.29) is 31.1 Å². The van der Waals surface area contributed by atoms with Crippen molar-refractivity contribution >= 4 is 17.9 Å². The average molecular weight is 1000 g/mol. The lowest BCUT2D eigenvalue weighted by Crippen LogP contribution is -2.30. The van der Waals surface area contributed by atoms with Crippen LogP contribution in [0.25, 0.3) is 0 Å². The molecule has 72 heavy (non-hydrogen) atoms. The minimum Gasteiger partial charge on any atom is -0.462 e. The van der Waals surface area contributed by atoms with Crippen molar-refractivity contribution in [3.8, 4) is 0 Å². The number of esters is 3. The van der Waals surface area contributed by atoms with E-state index in [0.29, 0.717) is 19.3 Å². The van der Waals surface area contributed by atoms with Gasteiger partial charge in [0.15, 0.2) is 6.10 Å². The SMILES string of the molecule is CC/C=C\C/C=C\C/C=C\C/C=C\C/C=C\CCCCCCCCCC(=O)OCC(COC(=O)CCCCCCCCCCCCCCCC)OC(=O)CCCCCCCCC/C=C\C/C=C\C/C=C\CC. The van der Waals surface area contributed by atoms with E-state index < -0.39 is 6.10 Å². The Bertz CT molecular complexity index is 1430. The second kappa shape index (κ2) is 59.9. The topological polar surface area (TPSA) is 78.9 Å². The van der Waals surface area contributed by atoms with Crippen molar-refractivity contribution in [3.63, 3.8) is 0 Å². The first kappa shape index (κ1) is 68.3. The maximum Gasteiger partial charge on any atom is 0.306 e. The third kappa shape index (κ3) is 57.2. The third-order valence-corrected chi connectivity index (χ3v) is 12.8. The van der Waals surface area contributed by atoms with Crippen molar-refractivity contribution in [2.75, 3.05) is 13.2 Å². The van der Waals surface area contributed by atoms with Crippen LogP contribution in [0.5, 0.6) is 0 Å². The minimum absolute atomic E-state index is 0.0833. The molecule has 0 spiro atoms. The first-order valence-corrected chi connectivity index (χ1v) is 30.2. The van der Waals surface area contributed by atoms with E-state index in [1.807, 2.05) is 0 Å². The fraction of sp³-hybridized carbons (Fsp3) is 0.712. The number of unbranched alkanes of at least 4 members (excludes halogenated alkanes) is 27. The van der Waals surface area contributed by atoms with Crippen LogP contribution in [0, 0.1) is 0 Å². The summed E-state index contributed by atoms with van der Waals surface area (Å²) in [6, 6.07) is 0. The smallest absolute Gasteiger partial charge is 0.306 e. The average Bonchev–Trinajstić information content (AvgIpc) is 3.38. The maximum absolute atomic E-state index is 12.9. The molecule has 0 aliphatic rings. The number of hydrogen-bond donors (Lipinski definition) is 0. The van der Waals surface area contributed by atoms with E-state index in [4.69, 9.17) is 14.2 Å². The van der Waals surface area contributed by atoms with E-state index in [2.05, 4.69) is 118 Å². The second-order valence-corrected chi connectivity index (χ2v) is 19.9. The molecule has 0 aromatic heterocycles. The zero-order valence-corrected chi connectivity index (χ0v) is 47.2. The molecule has 0 amide bonds. The standard InChI is InChI=1S/C66H112O6/c1-4-7-10-13-16-19-22-25-28-30-31-32-33-34-35-37-38-41-44-47-50-53-56-59-65(68)71-62-63(61-70-64(67)58-55-52-49-46-43-40-27-24-21-18-15-12-9-6-3)72-66(69)60-57-54-51-48-45-42-39-36-29-26-23-20-17-14-11-8-5-2/h7-8,10-11,16-17,19-20,25-26,28-29,31-32,34-35,63H,4-6,9,12-15,18,21-24,27,30,33,36-62H2,1-3H3/b10-7-,11-8-,19-16-,20-17-,28-25-,29-26-,32-31-,35-34-. The first-order chi connectivity index (χ1) is 35.5. The Balaban J connectivity index is 4.39. The van der Waals surface area contributed by atoms with E-state index in [1.54, 1.807) is 0 Å². The summed E-state index contributed by atoms with van der Waals surface area (Å²) >= 11 is 0. The largest absolute Gasteiger partial charge is 0.462 e. The molecule has 0 heterocycles. The molecule has 1 unspecified atom stereocenters. The lowest BCUT2D eigenvalue weighted by atomic mass is 10.0. The van der Waals surface area contributed by atoms with Gasteiger partial charge >= 0.3 is 17.9 Å². The van der Waals surface area contributed by atoms with E-state index in [0.717, 1.165) is 122 Å². The molecular weight excluding hydrogens is 889 g/mol. The molecule has 0 fully saturated rings. The fourth-order valence-corrected chi connectivity index (χ4v) is 8.37. The molecule has 0 aliphatic heterocycles. The highest BCUT2D eigenvalue weighted by Crippen LogP contribution is 2.16. The minimum atomic E-state index is -0.788. The Kier molecular flexibility index (Phi) is 56.8. The van der Waals surface area contributed by atoms with E-state index >= 15 is 0 Å². The number of carbonyl (C=O) groups excluding carboxylic acids is 3. The molecule has 1 atom stereocenters. The van der Waals surface area contributed by atoms with Gasteiger partial charge < -0.3 is 14.2 Å². The van der Waals surface area contributed by atoms with Crippen LogP contribution in [0.3, 0.4) is 0 Å². The predicted octanol–water partition coefficient (Wildman–Crippen LogP) is 20.5. The van der Waals surface area contributed by atoms with Crippen molar-refractivity contribution in [2.45, 2.75) is 290 Å². The third-order valence-electron chi connectivity index (χ3n) is 12.8. The number of carbonyl (C=O) groups is 3. The second-order valence-electron chi connectivity index (χ2n) is 19.9. The van der Waals surface area contributed by atoms with Gasteiger partial charge in [-0.25, -0.2) is 0 Å². The van der Waals surface area contributed by atoms with Crippen LogP contribution < -0.4 is 0 Å². The summed E-state index contributed by atoms with van der Waals surface area (Å²) in [4.78, 5) is 38.2. The molecule has 0 N–H and O–H groups in total. The van der Waals surface area contributed by atoms with Crippen LogP contribution in [0.1, 0.15) is 284 Å². The summed E-state index contributed by atoms with van der Waals surface area (Å²) in [6.07, 6.45) is 79.7. The molecule has 0 aliphatic carbocycles. The lowest BCUT2D eigenvalue weighted by molar-refractivity contribution is -0.167. The van der Waals surface area contributed by atoms with E-state index in [9.17, 15) is 14.4 Å². The normalized spacial score (nSPS) is 12.8. The van der Waals surface area contributed by atoms with Gasteiger partial charge in [-0.15, -0.1) is 0 Å². The molecule has 0 aromatic rings. The van der Waals surface area contributed by atoms with Gasteiger partial charge in [-0.3, -0.25) is 14.4 Å². The van der Waals surface area contributed by atoms with Crippen LogP contribution in [-0.4, -0.2) is 37.2 Å². The summed E-state index contributed by atoms with van der Waals surface area (Å²) in [6.45, 7) is 6.42. The molecule has 0 radical (unpaired) electrons. The van der Waals surface area contributed by atoms with Crippen molar-refractivity contribution < 1.29 is 28.6 Å². The van der Waals surface area contributed by atoms with Crippen LogP contribution in [0.4, 0.5) is 0 Å². The van der Waals surface area contributed by atoms with Crippen LogP contribution in [0.2, 0.25) is 0 Å². The summed E-state index contributed by atoms with van der Waals surface area (Å²) in [7, 11) is 0. The van der Waals surface area contributed by atoms with Gasteiger partial charge in [0.1, 0.15) is 13.2 Å². The Morgan fingerprint density at radius 2 is 0.542 bits per heavy atom. The maximum atomic E-state index is 12.9. The first-order valence-electron chi connectivity index (χ1n) is 30.2. The van der Waals surface area contributed by atoms with Crippen molar-refractivity contribution in [3.05, 3.63) is 97.2 Å². The molecule has 0 rings (SSSR count). The zero-order valence-electron chi connectivity index (χ0n) is 47.2. The fourth-order valence-electron chi connectivity index (χ4n) is 8.37. The molecule has 412 valence electrons. The quantitative estimate of drug-likeness (QED) is 0.0261. The number of hydrogen-bond acceptors (Lipinski definition) is 6. The van der Waals surface area contributed by atoms with Gasteiger partial charge in [0.25, 0.3) is 0 Å². The molecule has 0 bridgehead atoms. The Morgan fingerprint density at radius 3 is 0.847 bits per heavy atom. The summed E-state index contributed by atoms with van der Waals surface area (Å²) < 4.78 is 16.9. The molecule has 0 saturated heterocycles. The van der Waals surface area contributed by atoms with Crippen LogP contribution in [0.15, 0.2) is 97.2 Å². The Hall–Kier alpha value is -3.67. The Morgan fingerprint density at radius 1 is 0.292 bits per heavy atom. The van der Waals surface area contributed by atoms with Crippen LogP contribution >= 0.6 is 0 Å². The van der Waals surface area contributed by atoms with Crippen molar-refractivity contribution in [2.24, 2.45) is 0 Å². The molecule has 6 nitrogen and oxygen atoms in total. The zero-order chi connectivity index (χ0) is 52.2. The van der Waals surface area contributed by atoms with Crippen molar-refractivity contribution in [1.29, 1.82) is 0 Å². The van der Waals surface area contributed by atoms with Gasteiger partial charge in [0.05, 0.1) is 0 Å². The van der Waals surface area contributed by atoms with Gasteiger partial charge in [-0.1, -0.05) is 266 Å². The predicted molar refractivity (Wildman–Crippen MR) is 311 cm³/mol. The van der Waals surface area contributed by atoms with Gasteiger partial charge in [0, 0.05) is 19.3 Å². The number of rotatable bonds is 54. The summed E-state index contributed by atoms with van der Waals surface area (Å²) in [5, 5.41) is 0. The molecule has 0 aromatic carbocycles. The summed E-state index contributed by atoms with van der Waals surface area (Å²) in [5.41, 5.74) is 0. The molecule has 0 saturated carbocycles. The molecule has 6 heteroatoms. The van der Waals surface area contributed by atoms with Gasteiger partial charge in [-0.2, -0.15) is 0 Å². The highest BCUT2D eigenvalue weighted by molar-refractivity contribution is 5.71. The lowest BCUT2D eigenvalue weighted by Gasteiger charge is -2.18. The Labute approximate surface area is 445 Å². The van der Waals surface area contributed by atoms with Crippen LogP contribution in [-0.2, 0) is 28.6 Å². The highest BCUT2D eigenvalue weighted by Gasteiger charge is 2.19.